The van der Waals surface area contributed by atoms with Gasteiger partial charge in [0, 0.05) is 11.6 Å². The molecule has 0 spiro atoms. The summed E-state index contributed by atoms with van der Waals surface area (Å²) in [6.45, 7) is 3.30. The highest BCUT2D eigenvalue weighted by atomic mass is 35.5. The van der Waals surface area contributed by atoms with Gasteiger partial charge in [0.25, 0.3) is 0 Å². The first-order valence-electron chi connectivity index (χ1n) is 7.99. The Morgan fingerprint density at radius 1 is 1.05 bits per heavy atom. The van der Waals surface area contributed by atoms with Crippen LogP contribution < -0.4 is 9.47 Å². The fourth-order valence-corrected chi connectivity index (χ4v) is 2.89. The Morgan fingerprint density at radius 2 is 1.67 bits per heavy atom. The second-order valence-corrected chi connectivity index (χ2v) is 6.00. The van der Waals surface area contributed by atoms with E-state index in [0.29, 0.717) is 29.7 Å². The summed E-state index contributed by atoms with van der Waals surface area (Å²) in [6, 6.07) is 3.56. The van der Waals surface area contributed by atoms with Crippen LogP contribution in [0.25, 0.3) is 0 Å². The number of hydrogen-bond acceptors (Lipinski definition) is 3. The van der Waals surface area contributed by atoms with Gasteiger partial charge in [-0.15, -0.1) is 0 Å². The molecule has 1 N–H and O–H groups in total. The van der Waals surface area contributed by atoms with E-state index in [9.17, 15) is 5.11 Å². The summed E-state index contributed by atoms with van der Waals surface area (Å²) in [4.78, 5) is 0. The maximum atomic E-state index is 10.3. The highest BCUT2D eigenvalue weighted by Gasteiger charge is 2.19. The van der Waals surface area contributed by atoms with Crippen LogP contribution >= 0.6 is 11.6 Å². The van der Waals surface area contributed by atoms with E-state index in [1.165, 1.54) is 32.1 Å². The van der Waals surface area contributed by atoms with Crippen LogP contribution in [0.15, 0.2) is 12.1 Å². The van der Waals surface area contributed by atoms with E-state index in [-0.39, 0.29) is 0 Å². The van der Waals surface area contributed by atoms with Crippen LogP contribution in [-0.2, 0) is 0 Å². The monoisotopic (exact) mass is 312 g/mol. The number of fused-ring (bicyclic) bond motifs is 1. The summed E-state index contributed by atoms with van der Waals surface area (Å²) in [6.07, 6.45) is 7.50. The van der Waals surface area contributed by atoms with Crippen LogP contribution in [0.3, 0.4) is 0 Å². The van der Waals surface area contributed by atoms with Crippen molar-refractivity contribution in [2.24, 2.45) is 0 Å². The summed E-state index contributed by atoms with van der Waals surface area (Å²) in [7, 11) is 0. The van der Waals surface area contributed by atoms with E-state index >= 15 is 0 Å². The number of rotatable bonds is 8. The van der Waals surface area contributed by atoms with Gasteiger partial charge in [0.15, 0.2) is 11.5 Å². The molecule has 1 aromatic rings. The van der Waals surface area contributed by atoms with Crippen LogP contribution in [0, 0.1) is 0 Å². The first-order valence-corrected chi connectivity index (χ1v) is 8.37. The lowest BCUT2D eigenvalue weighted by Gasteiger charge is -2.21. The molecule has 118 valence electrons. The molecule has 4 heteroatoms. The van der Waals surface area contributed by atoms with Crippen molar-refractivity contribution in [1.82, 2.24) is 0 Å². The van der Waals surface area contributed by atoms with Gasteiger partial charge in [-0.05, 0) is 12.5 Å². The van der Waals surface area contributed by atoms with Gasteiger partial charge in [-0.1, -0.05) is 57.0 Å². The Hall–Kier alpha value is -0.930. The Kier molecular flexibility index (Phi) is 6.65. The first kappa shape index (κ1) is 16.4. The lowest BCUT2D eigenvalue weighted by molar-refractivity contribution is 0.157. The van der Waals surface area contributed by atoms with Gasteiger partial charge < -0.3 is 14.6 Å². The normalized spacial score (nSPS) is 15.0. The van der Waals surface area contributed by atoms with Crippen LogP contribution in [-0.4, -0.2) is 18.3 Å². The zero-order chi connectivity index (χ0) is 15.1. The molecule has 2 rings (SSSR count). The number of benzene rings is 1. The maximum absolute atomic E-state index is 10.3. The smallest absolute Gasteiger partial charge is 0.162 e. The van der Waals surface area contributed by atoms with Crippen LogP contribution in [0.5, 0.6) is 11.5 Å². The molecular formula is C17H25ClO3. The molecule has 0 fully saturated rings. The summed E-state index contributed by atoms with van der Waals surface area (Å²) >= 11 is 6.24. The molecule has 1 unspecified atom stereocenters. The van der Waals surface area contributed by atoms with E-state index in [1.807, 2.05) is 6.07 Å². The van der Waals surface area contributed by atoms with Gasteiger partial charge in [0.05, 0.1) is 11.1 Å². The predicted octanol–water partition coefficient (Wildman–Crippen LogP) is 4.90. The van der Waals surface area contributed by atoms with Crippen molar-refractivity contribution >= 4 is 11.6 Å². The molecule has 0 aliphatic carbocycles. The zero-order valence-electron chi connectivity index (χ0n) is 12.7. The molecule has 1 heterocycles. The Morgan fingerprint density at radius 3 is 2.38 bits per heavy atom. The minimum Gasteiger partial charge on any atom is -0.486 e. The van der Waals surface area contributed by atoms with E-state index in [1.54, 1.807) is 6.07 Å². The maximum Gasteiger partial charge on any atom is 0.162 e. The summed E-state index contributed by atoms with van der Waals surface area (Å²) in [5.41, 5.74) is 0.745. The third-order valence-electron chi connectivity index (χ3n) is 3.85. The number of hydrogen-bond donors (Lipinski definition) is 1. The van der Waals surface area contributed by atoms with E-state index in [0.717, 1.165) is 18.4 Å². The van der Waals surface area contributed by atoms with Gasteiger partial charge >= 0.3 is 0 Å². The lowest BCUT2D eigenvalue weighted by atomic mass is 10.0. The average Bonchev–Trinajstić information content (AvgIpc) is 2.49. The van der Waals surface area contributed by atoms with Gasteiger partial charge in [0.2, 0.25) is 0 Å². The highest BCUT2D eigenvalue weighted by molar-refractivity contribution is 6.31. The third-order valence-corrected chi connectivity index (χ3v) is 4.18. The molecule has 0 saturated heterocycles. The molecule has 21 heavy (non-hydrogen) atoms. The fourth-order valence-electron chi connectivity index (χ4n) is 2.61. The number of halogens is 1. The fraction of sp³-hybridized carbons (Fsp3) is 0.647. The summed E-state index contributed by atoms with van der Waals surface area (Å²) in [5, 5.41) is 10.9. The SMILES string of the molecule is CCCCCCCCC(O)c1cc2c(cc1Cl)OCCO2. The molecule has 0 aromatic heterocycles. The lowest BCUT2D eigenvalue weighted by Crippen LogP contribution is -2.16. The molecule has 0 saturated carbocycles. The standard InChI is InChI=1S/C17H25ClO3/c1-2-3-4-5-6-7-8-15(19)13-11-16-17(12-14(13)18)21-10-9-20-16/h11-12,15,19H,2-10H2,1H3. The molecule has 1 aliphatic rings. The molecule has 3 nitrogen and oxygen atoms in total. The van der Waals surface area contributed by atoms with Crippen LogP contribution in [0.2, 0.25) is 5.02 Å². The molecule has 1 atom stereocenters. The zero-order valence-corrected chi connectivity index (χ0v) is 13.5. The van der Waals surface area contributed by atoms with E-state index < -0.39 is 6.10 Å². The van der Waals surface area contributed by atoms with Crippen molar-refractivity contribution in [1.29, 1.82) is 0 Å². The van der Waals surface area contributed by atoms with Gasteiger partial charge in [0.1, 0.15) is 13.2 Å². The largest absolute Gasteiger partial charge is 0.486 e. The molecule has 0 radical (unpaired) electrons. The van der Waals surface area contributed by atoms with Crippen molar-refractivity contribution in [2.45, 2.75) is 58.0 Å². The first-order chi connectivity index (χ1) is 10.2. The Balaban J connectivity index is 1.85. The Labute approximate surface area is 132 Å². The number of aliphatic hydroxyl groups is 1. The van der Waals surface area contributed by atoms with Crippen molar-refractivity contribution in [3.63, 3.8) is 0 Å². The summed E-state index contributed by atoms with van der Waals surface area (Å²) < 4.78 is 11.0. The average molecular weight is 313 g/mol. The van der Waals surface area contributed by atoms with E-state index in [2.05, 4.69) is 6.92 Å². The van der Waals surface area contributed by atoms with Crippen molar-refractivity contribution < 1.29 is 14.6 Å². The highest BCUT2D eigenvalue weighted by Crippen LogP contribution is 2.38. The van der Waals surface area contributed by atoms with Gasteiger partial charge in [-0.2, -0.15) is 0 Å². The number of ether oxygens (including phenoxy) is 2. The van der Waals surface area contributed by atoms with Gasteiger partial charge in [-0.25, -0.2) is 0 Å². The van der Waals surface area contributed by atoms with Crippen LogP contribution in [0.4, 0.5) is 0 Å². The van der Waals surface area contributed by atoms with E-state index in [4.69, 9.17) is 21.1 Å². The minimum atomic E-state index is -0.528. The summed E-state index contributed by atoms with van der Waals surface area (Å²) in [5.74, 6) is 1.35. The second-order valence-electron chi connectivity index (χ2n) is 5.59. The predicted molar refractivity (Wildman–Crippen MR) is 85.4 cm³/mol. The van der Waals surface area contributed by atoms with Crippen molar-refractivity contribution in [3.05, 3.63) is 22.7 Å². The molecule has 1 aliphatic heterocycles. The minimum absolute atomic E-state index is 0.528. The third kappa shape index (κ3) is 4.79. The number of aliphatic hydroxyl groups excluding tert-OH is 1. The quantitative estimate of drug-likeness (QED) is 0.694. The van der Waals surface area contributed by atoms with Crippen LogP contribution in [0.1, 0.15) is 63.5 Å². The van der Waals surface area contributed by atoms with Gasteiger partial charge in [-0.3, -0.25) is 0 Å². The topological polar surface area (TPSA) is 38.7 Å². The molecule has 0 amide bonds. The Bertz CT molecular complexity index is 448. The molecule has 0 bridgehead atoms. The molecular weight excluding hydrogens is 288 g/mol. The van der Waals surface area contributed by atoms with Crippen molar-refractivity contribution in [3.8, 4) is 11.5 Å². The second kappa shape index (κ2) is 8.50. The van der Waals surface area contributed by atoms with Crippen molar-refractivity contribution in [2.75, 3.05) is 13.2 Å². The number of unbranched alkanes of at least 4 members (excludes halogenated alkanes) is 5. The molecule has 1 aromatic carbocycles.